The van der Waals surface area contributed by atoms with E-state index in [1.165, 1.54) is 18.9 Å². The number of pyridine rings is 1. The van der Waals surface area contributed by atoms with Crippen molar-refractivity contribution in [3.05, 3.63) is 24.1 Å². The second-order valence-corrected chi connectivity index (χ2v) is 5.34. The van der Waals surface area contributed by atoms with E-state index in [9.17, 15) is 4.39 Å². The highest BCUT2D eigenvalue weighted by molar-refractivity contribution is 5.39. The molecule has 1 aliphatic heterocycles. The number of hydrogen-bond donors (Lipinski definition) is 1. The Morgan fingerprint density at radius 3 is 2.85 bits per heavy atom. The number of rotatable bonds is 6. The Hall–Kier alpha value is -1.20. The lowest BCUT2D eigenvalue weighted by molar-refractivity contribution is 0.286. The topological polar surface area (TPSA) is 45.4 Å². The van der Waals surface area contributed by atoms with Crippen LogP contribution in [0.1, 0.15) is 25.7 Å². The monoisotopic (exact) mass is 280 g/mol. The van der Waals surface area contributed by atoms with Crippen LogP contribution in [-0.2, 0) is 0 Å². The fraction of sp³-hybridized carbons (Fsp3) is 0.667. The molecule has 1 saturated heterocycles. The molecule has 4 nitrogen and oxygen atoms in total. The quantitative estimate of drug-likeness (QED) is 0.808. The fourth-order valence-corrected chi connectivity index (χ4v) is 2.67. The van der Waals surface area contributed by atoms with Gasteiger partial charge in [0.05, 0.1) is 0 Å². The van der Waals surface area contributed by atoms with Gasteiger partial charge in [0.25, 0.3) is 0 Å². The summed E-state index contributed by atoms with van der Waals surface area (Å²) >= 11 is 0. The standard InChI is InChI=1S/C15H25FN4/c16-14-6-4-8-18-15(14)20-11-5-10-19(12-13-20)9-3-1-2-7-17/h4,6,8H,1-3,5,7,9-13,17H2. The van der Waals surface area contributed by atoms with Crippen molar-refractivity contribution in [2.24, 2.45) is 5.73 Å². The smallest absolute Gasteiger partial charge is 0.165 e. The highest BCUT2D eigenvalue weighted by atomic mass is 19.1. The first kappa shape index (κ1) is 15.2. The van der Waals surface area contributed by atoms with Gasteiger partial charge < -0.3 is 15.5 Å². The van der Waals surface area contributed by atoms with Crippen LogP contribution in [0, 0.1) is 5.82 Å². The number of nitrogens with zero attached hydrogens (tertiary/aromatic N) is 3. The Morgan fingerprint density at radius 1 is 1.15 bits per heavy atom. The first-order valence-corrected chi connectivity index (χ1v) is 7.59. The summed E-state index contributed by atoms with van der Waals surface area (Å²) in [6.45, 7) is 5.72. The molecule has 2 rings (SSSR count). The van der Waals surface area contributed by atoms with Crippen LogP contribution < -0.4 is 10.6 Å². The van der Waals surface area contributed by atoms with Crippen LogP contribution in [0.2, 0.25) is 0 Å². The average molecular weight is 280 g/mol. The van der Waals surface area contributed by atoms with Gasteiger partial charge in [-0.3, -0.25) is 0 Å². The Balaban J connectivity index is 1.82. The average Bonchev–Trinajstić information content (AvgIpc) is 2.70. The largest absolute Gasteiger partial charge is 0.353 e. The van der Waals surface area contributed by atoms with Crippen molar-refractivity contribution in [1.29, 1.82) is 0 Å². The molecule has 2 heterocycles. The predicted octanol–water partition coefficient (Wildman–Crippen LogP) is 1.86. The molecule has 0 unspecified atom stereocenters. The van der Waals surface area contributed by atoms with E-state index >= 15 is 0 Å². The molecule has 1 aromatic heterocycles. The Labute approximate surface area is 120 Å². The summed E-state index contributed by atoms with van der Waals surface area (Å²) in [5, 5.41) is 0. The third kappa shape index (κ3) is 4.42. The van der Waals surface area contributed by atoms with E-state index in [0.29, 0.717) is 5.82 Å². The van der Waals surface area contributed by atoms with Gasteiger partial charge in [-0.05, 0) is 51.0 Å². The van der Waals surface area contributed by atoms with E-state index in [2.05, 4.69) is 14.8 Å². The summed E-state index contributed by atoms with van der Waals surface area (Å²) in [5.41, 5.74) is 5.51. The minimum Gasteiger partial charge on any atom is -0.353 e. The van der Waals surface area contributed by atoms with Gasteiger partial charge in [-0.25, -0.2) is 9.37 Å². The van der Waals surface area contributed by atoms with Gasteiger partial charge in [-0.15, -0.1) is 0 Å². The lowest BCUT2D eigenvalue weighted by atomic mass is 10.2. The molecular weight excluding hydrogens is 255 g/mol. The van der Waals surface area contributed by atoms with Crippen LogP contribution in [-0.4, -0.2) is 49.2 Å². The van der Waals surface area contributed by atoms with Gasteiger partial charge in [0.2, 0.25) is 0 Å². The van der Waals surface area contributed by atoms with Crippen molar-refractivity contribution in [1.82, 2.24) is 9.88 Å². The minimum atomic E-state index is -0.219. The zero-order valence-electron chi connectivity index (χ0n) is 12.1. The molecule has 5 heteroatoms. The number of unbranched alkanes of at least 4 members (excludes halogenated alkanes) is 2. The number of anilines is 1. The molecule has 0 saturated carbocycles. The van der Waals surface area contributed by atoms with Crippen molar-refractivity contribution >= 4 is 5.82 Å². The van der Waals surface area contributed by atoms with Gasteiger partial charge in [-0.2, -0.15) is 0 Å². The van der Waals surface area contributed by atoms with Crippen molar-refractivity contribution < 1.29 is 4.39 Å². The predicted molar refractivity (Wildman–Crippen MR) is 80.4 cm³/mol. The van der Waals surface area contributed by atoms with Crippen molar-refractivity contribution in [2.75, 3.05) is 44.2 Å². The number of nitrogens with two attached hydrogens (primary N) is 1. The second kappa shape index (κ2) is 8.17. The van der Waals surface area contributed by atoms with Crippen molar-refractivity contribution in [2.45, 2.75) is 25.7 Å². The molecule has 112 valence electrons. The van der Waals surface area contributed by atoms with Crippen LogP contribution >= 0.6 is 0 Å². The van der Waals surface area contributed by atoms with E-state index in [0.717, 1.165) is 52.1 Å². The van der Waals surface area contributed by atoms with Crippen LogP contribution in [0.4, 0.5) is 10.2 Å². The maximum atomic E-state index is 13.8. The van der Waals surface area contributed by atoms with E-state index in [4.69, 9.17) is 5.73 Å². The second-order valence-electron chi connectivity index (χ2n) is 5.34. The molecule has 0 aliphatic carbocycles. The zero-order chi connectivity index (χ0) is 14.2. The summed E-state index contributed by atoms with van der Waals surface area (Å²) in [7, 11) is 0. The lowest BCUT2D eigenvalue weighted by Gasteiger charge is -2.22. The maximum absolute atomic E-state index is 13.8. The molecule has 0 radical (unpaired) electrons. The highest BCUT2D eigenvalue weighted by Crippen LogP contribution is 2.17. The summed E-state index contributed by atoms with van der Waals surface area (Å²) in [6, 6.07) is 3.12. The van der Waals surface area contributed by atoms with Gasteiger partial charge in [0.1, 0.15) is 0 Å². The molecule has 0 bridgehead atoms. The van der Waals surface area contributed by atoms with E-state index in [-0.39, 0.29) is 5.82 Å². The molecule has 0 amide bonds. The Kier molecular flexibility index (Phi) is 6.21. The molecule has 1 aromatic rings. The molecule has 2 N–H and O–H groups in total. The van der Waals surface area contributed by atoms with Gasteiger partial charge in [0, 0.05) is 25.8 Å². The third-order valence-corrected chi connectivity index (χ3v) is 3.81. The SMILES string of the molecule is NCCCCCN1CCCN(c2ncccc2F)CC1. The zero-order valence-corrected chi connectivity index (χ0v) is 12.1. The minimum absolute atomic E-state index is 0.219. The maximum Gasteiger partial charge on any atom is 0.165 e. The molecular formula is C15H25FN4. The van der Waals surface area contributed by atoms with Crippen LogP contribution in [0.15, 0.2) is 18.3 Å². The number of hydrogen-bond acceptors (Lipinski definition) is 4. The number of halogens is 1. The Morgan fingerprint density at radius 2 is 2.05 bits per heavy atom. The third-order valence-electron chi connectivity index (χ3n) is 3.81. The van der Waals surface area contributed by atoms with Gasteiger partial charge >= 0.3 is 0 Å². The lowest BCUT2D eigenvalue weighted by Crippen LogP contribution is -2.32. The molecule has 1 aliphatic rings. The summed E-state index contributed by atoms with van der Waals surface area (Å²) in [6.07, 6.45) is 6.24. The highest BCUT2D eigenvalue weighted by Gasteiger charge is 2.17. The van der Waals surface area contributed by atoms with Crippen molar-refractivity contribution in [3.63, 3.8) is 0 Å². The molecule has 20 heavy (non-hydrogen) atoms. The molecule has 1 fully saturated rings. The van der Waals surface area contributed by atoms with E-state index in [1.54, 1.807) is 12.3 Å². The number of aromatic nitrogens is 1. The van der Waals surface area contributed by atoms with Crippen molar-refractivity contribution in [3.8, 4) is 0 Å². The van der Waals surface area contributed by atoms with Crippen LogP contribution in [0.3, 0.4) is 0 Å². The van der Waals surface area contributed by atoms with Gasteiger partial charge in [-0.1, -0.05) is 6.42 Å². The van der Waals surface area contributed by atoms with E-state index < -0.39 is 0 Å². The molecule has 0 spiro atoms. The van der Waals surface area contributed by atoms with Gasteiger partial charge in [0.15, 0.2) is 11.6 Å². The fourth-order valence-electron chi connectivity index (χ4n) is 2.67. The van der Waals surface area contributed by atoms with Crippen LogP contribution in [0.25, 0.3) is 0 Å². The van der Waals surface area contributed by atoms with E-state index in [1.807, 2.05) is 0 Å². The summed E-state index contributed by atoms with van der Waals surface area (Å²) < 4.78 is 13.8. The molecule has 0 atom stereocenters. The first-order chi connectivity index (χ1) is 9.81. The normalized spacial score (nSPS) is 17.2. The summed E-state index contributed by atoms with van der Waals surface area (Å²) in [5.74, 6) is 0.279. The summed E-state index contributed by atoms with van der Waals surface area (Å²) in [4.78, 5) is 8.71. The Bertz CT molecular complexity index is 399. The van der Waals surface area contributed by atoms with Crippen LogP contribution in [0.5, 0.6) is 0 Å². The molecule has 0 aromatic carbocycles. The first-order valence-electron chi connectivity index (χ1n) is 7.59.